The summed E-state index contributed by atoms with van der Waals surface area (Å²) in [4.78, 5) is 12.3. The third kappa shape index (κ3) is 3.27. The Labute approximate surface area is 122 Å². The molecule has 0 aliphatic heterocycles. The van der Waals surface area contributed by atoms with Crippen molar-refractivity contribution in [2.75, 3.05) is 0 Å². The van der Waals surface area contributed by atoms with E-state index >= 15 is 0 Å². The van der Waals surface area contributed by atoms with Gasteiger partial charge in [-0.15, -0.1) is 0 Å². The average molecular weight is 340 g/mol. The van der Waals surface area contributed by atoms with Crippen LogP contribution in [0.2, 0.25) is 0 Å². The first-order chi connectivity index (χ1) is 8.97. The maximum Gasteiger partial charge on any atom is 0.273 e. The van der Waals surface area contributed by atoms with Crippen LogP contribution in [-0.2, 0) is 0 Å². The normalized spacial score (nSPS) is 10.4. The standard InChI is InChI=1S/C13H10BrNO3S/c1-8-6-13(11(14)7-12(8)15(17)18)19-10-4-2-9(16)3-5-10/h2-7,16H,1H3. The summed E-state index contributed by atoms with van der Waals surface area (Å²) >= 11 is 4.82. The molecule has 1 N–H and O–H groups in total. The van der Waals surface area contributed by atoms with Crippen molar-refractivity contribution in [3.05, 3.63) is 56.5 Å². The fraction of sp³-hybridized carbons (Fsp3) is 0.0769. The molecule has 0 unspecified atom stereocenters. The zero-order chi connectivity index (χ0) is 14.0. The molecule has 0 spiro atoms. The Hall–Kier alpha value is -1.53. The van der Waals surface area contributed by atoms with E-state index in [1.165, 1.54) is 17.8 Å². The SMILES string of the molecule is Cc1cc(Sc2ccc(O)cc2)c(Br)cc1[N+](=O)[O-]. The van der Waals surface area contributed by atoms with E-state index in [1.807, 2.05) is 0 Å². The van der Waals surface area contributed by atoms with Crippen LogP contribution >= 0.6 is 27.7 Å². The Bertz CT molecular complexity index is 629. The summed E-state index contributed by atoms with van der Waals surface area (Å²) < 4.78 is 0.683. The third-order valence-corrected chi connectivity index (χ3v) is 4.50. The molecule has 0 heterocycles. The van der Waals surface area contributed by atoms with Gasteiger partial charge in [-0.05, 0) is 53.2 Å². The van der Waals surface area contributed by atoms with Gasteiger partial charge in [0, 0.05) is 25.9 Å². The number of hydrogen-bond donors (Lipinski definition) is 1. The van der Waals surface area contributed by atoms with E-state index in [2.05, 4.69) is 15.9 Å². The van der Waals surface area contributed by atoms with Gasteiger partial charge in [0.2, 0.25) is 0 Å². The number of nitrogens with zero attached hydrogens (tertiary/aromatic N) is 1. The van der Waals surface area contributed by atoms with Crippen LogP contribution in [0.4, 0.5) is 5.69 Å². The first-order valence-corrected chi connectivity index (χ1v) is 7.00. The van der Waals surface area contributed by atoms with Gasteiger partial charge >= 0.3 is 0 Å². The Balaban J connectivity index is 2.33. The second-order valence-electron chi connectivity index (χ2n) is 3.92. The highest BCUT2D eigenvalue weighted by Gasteiger charge is 2.14. The molecule has 2 aromatic rings. The smallest absolute Gasteiger partial charge is 0.273 e. The van der Waals surface area contributed by atoms with Crippen molar-refractivity contribution >= 4 is 33.4 Å². The summed E-state index contributed by atoms with van der Waals surface area (Å²) in [6.07, 6.45) is 0. The van der Waals surface area contributed by atoms with Gasteiger partial charge in [0.15, 0.2) is 0 Å². The number of halogens is 1. The zero-order valence-electron chi connectivity index (χ0n) is 9.96. The number of phenols is 1. The molecule has 19 heavy (non-hydrogen) atoms. The maximum absolute atomic E-state index is 10.8. The number of aromatic hydroxyl groups is 1. The molecule has 6 heteroatoms. The Morgan fingerprint density at radius 3 is 2.47 bits per heavy atom. The second-order valence-corrected chi connectivity index (χ2v) is 5.89. The van der Waals surface area contributed by atoms with E-state index in [9.17, 15) is 15.2 Å². The lowest BCUT2D eigenvalue weighted by molar-refractivity contribution is -0.385. The molecule has 2 rings (SSSR count). The average Bonchev–Trinajstić information content (AvgIpc) is 2.35. The summed E-state index contributed by atoms with van der Waals surface area (Å²) in [5.41, 5.74) is 0.719. The highest BCUT2D eigenvalue weighted by molar-refractivity contribution is 9.10. The van der Waals surface area contributed by atoms with Gasteiger partial charge in [0.05, 0.1) is 4.92 Å². The van der Waals surface area contributed by atoms with E-state index < -0.39 is 4.92 Å². The van der Waals surface area contributed by atoms with Gasteiger partial charge in [-0.1, -0.05) is 11.8 Å². The van der Waals surface area contributed by atoms with Gasteiger partial charge in [0.25, 0.3) is 5.69 Å². The van der Waals surface area contributed by atoms with E-state index in [4.69, 9.17) is 0 Å². The minimum atomic E-state index is -0.394. The largest absolute Gasteiger partial charge is 0.508 e. The first kappa shape index (κ1) is 13.9. The predicted molar refractivity (Wildman–Crippen MR) is 77.8 cm³/mol. The molecule has 0 aliphatic carbocycles. The summed E-state index contributed by atoms with van der Waals surface area (Å²) in [7, 11) is 0. The van der Waals surface area contributed by atoms with Crippen molar-refractivity contribution in [2.45, 2.75) is 16.7 Å². The summed E-state index contributed by atoms with van der Waals surface area (Å²) in [6, 6.07) is 10.1. The van der Waals surface area contributed by atoms with E-state index in [0.717, 1.165) is 9.79 Å². The minimum Gasteiger partial charge on any atom is -0.508 e. The van der Waals surface area contributed by atoms with E-state index in [0.29, 0.717) is 10.0 Å². The summed E-state index contributed by atoms with van der Waals surface area (Å²) in [6.45, 7) is 1.71. The van der Waals surface area contributed by atoms with Crippen LogP contribution in [0.3, 0.4) is 0 Å². The molecule has 0 atom stereocenters. The Morgan fingerprint density at radius 1 is 1.26 bits per heavy atom. The highest BCUT2D eigenvalue weighted by Crippen LogP contribution is 2.37. The lowest BCUT2D eigenvalue weighted by Crippen LogP contribution is -1.92. The van der Waals surface area contributed by atoms with Crippen molar-refractivity contribution in [3.8, 4) is 5.75 Å². The quantitative estimate of drug-likeness (QED) is 0.659. The van der Waals surface area contributed by atoms with Crippen molar-refractivity contribution in [1.82, 2.24) is 0 Å². The lowest BCUT2D eigenvalue weighted by atomic mass is 10.2. The molecule has 0 radical (unpaired) electrons. The molecule has 0 aliphatic rings. The monoisotopic (exact) mass is 339 g/mol. The molecule has 98 valence electrons. The number of aryl methyl sites for hydroxylation is 1. The Kier molecular flexibility index (Phi) is 4.11. The third-order valence-electron chi connectivity index (χ3n) is 2.51. The van der Waals surface area contributed by atoms with Crippen LogP contribution in [0.25, 0.3) is 0 Å². The Morgan fingerprint density at radius 2 is 1.89 bits per heavy atom. The van der Waals surface area contributed by atoms with Crippen LogP contribution in [0.15, 0.2) is 50.7 Å². The number of rotatable bonds is 3. The predicted octanol–water partition coefficient (Wildman–Crippen LogP) is 4.52. The fourth-order valence-electron chi connectivity index (χ4n) is 1.56. The molecule has 0 saturated carbocycles. The molecular weight excluding hydrogens is 330 g/mol. The molecule has 0 amide bonds. The summed E-state index contributed by atoms with van der Waals surface area (Å²) in [5, 5.41) is 20.1. The summed E-state index contributed by atoms with van der Waals surface area (Å²) in [5.74, 6) is 0.211. The molecule has 0 bridgehead atoms. The van der Waals surface area contributed by atoms with Gasteiger partial charge < -0.3 is 5.11 Å². The van der Waals surface area contributed by atoms with Gasteiger partial charge in [0.1, 0.15) is 5.75 Å². The molecule has 0 fully saturated rings. The molecular formula is C13H10BrNO3S. The van der Waals surface area contributed by atoms with Crippen LogP contribution in [0.1, 0.15) is 5.56 Å². The number of nitro benzene ring substituents is 1. The molecule has 4 nitrogen and oxygen atoms in total. The fourth-order valence-corrected chi connectivity index (χ4v) is 3.05. The van der Waals surface area contributed by atoms with E-state index in [1.54, 1.807) is 37.3 Å². The van der Waals surface area contributed by atoms with Crippen LogP contribution in [-0.4, -0.2) is 10.0 Å². The van der Waals surface area contributed by atoms with Crippen molar-refractivity contribution in [2.24, 2.45) is 0 Å². The minimum absolute atomic E-state index is 0.0990. The molecule has 0 saturated heterocycles. The van der Waals surface area contributed by atoms with Crippen molar-refractivity contribution in [1.29, 1.82) is 0 Å². The van der Waals surface area contributed by atoms with Gasteiger partial charge in [-0.2, -0.15) is 0 Å². The van der Waals surface area contributed by atoms with Gasteiger partial charge in [-0.25, -0.2) is 0 Å². The van der Waals surface area contributed by atoms with E-state index in [-0.39, 0.29) is 11.4 Å². The molecule has 0 aromatic heterocycles. The molecule has 2 aromatic carbocycles. The first-order valence-electron chi connectivity index (χ1n) is 5.39. The number of benzene rings is 2. The van der Waals surface area contributed by atoms with Crippen LogP contribution in [0.5, 0.6) is 5.75 Å². The van der Waals surface area contributed by atoms with Crippen LogP contribution in [0, 0.1) is 17.0 Å². The lowest BCUT2D eigenvalue weighted by Gasteiger charge is -2.06. The van der Waals surface area contributed by atoms with Crippen molar-refractivity contribution in [3.63, 3.8) is 0 Å². The maximum atomic E-state index is 10.8. The number of phenolic OH excluding ortho intramolecular Hbond substituents is 1. The topological polar surface area (TPSA) is 63.4 Å². The second kappa shape index (κ2) is 5.63. The van der Waals surface area contributed by atoms with Gasteiger partial charge in [-0.3, -0.25) is 10.1 Å². The zero-order valence-corrected chi connectivity index (χ0v) is 12.4. The van der Waals surface area contributed by atoms with Crippen molar-refractivity contribution < 1.29 is 10.0 Å². The van der Waals surface area contributed by atoms with Crippen LogP contribution < -0.4 is 0 Å². The highest BCUT2D eigenvalue weighted by atomic mass is 79.9. The number of nitro groups is 1. The number of hydrogen-bond acceptors (Lipinski definition) is 4.